The zero-order valence-corrected chi connectivity index (χ0v) is 17.6. The number of carbonyl (C=O) groups is 2. The minimum atomic E-state index is -0.612. The van der Waals surface area contributed by atoms with E-state index in [4.69, 9.17) is 0 Å². The summed E-state index contributed by atoms with van der Waals surface area (Å²) in [4.78, 5) is 29.5. The number of pyridine rings is 1. The Labute approximate surface area is 168 Å². The fourth-order valence-electron chi connectivity index (χ4n) is 2.92. The van der Waals surface area contributed by atoms with E-state index >= 15 is 0 Å². The first-order valence-electron chi connectivity index (χ1n) is 9.71. The second-order valence-electron chi connectivity index (χ2n) is 8.53. The third-order valence-electron chi connectivity index (χ3n) is 4.81. The lowest BCUT2D eigenvalue weighted by atomic mass is 9.86. The summed E-state index contributed by atoms with van der Waals surface area (Å²) >= 11 is 0. The fraction of sp³-hybridized carbons (Fsp3) is 0.435. The number of nitrogens with one attached hydrogen (secondary N) is 2. The van der Waals surface area contributed by atoms with Gasteiger partial charge in [0.25, 0.3) is 5.91 Å². The van der Waals surface area contributed by atoms with Crippen LogP contribution in [-0.4, -0.2) is 22.8 Å². The summed E-state index contributed by atoms with van der Waals surface area (Å²) in [5.41, 5.74) is 2.70. The van der Waals surface area contributed by atoms with Crippen molar-refractivity contribution in [3.05, 3.63) is 65.5 Å². The molecule has 0 saturated carbocycles. The summed E-state index contributed by atoms with van der Waals surface area (Å²) in [5, 5.41) is 5.87. The Kier molecular flexibility index (Phi) is 6.95. The Hall–Kier alpha value is -2.69. The van der Waals surface area contributed by atoms with E-state index in [2.05, 4.69) is 36.4 Å². The molecule has 0 spiro atoms. The van der Waals surface area contributed by atoms with Crippen molar-refractivity contribution in [2.45, 2.75) is 59.0 Å². The molecule has 0 aliphatic carbocycles. The minimum Gasteiger partial charge on any atom is -0.348 e. The van der Waals surface area contributed by atoms with Crippen LogP contribution < -0.4 is 10.6 Å². The van der Waals surface area contributed by atoms with Crippen LogP contribution in [0.4, 0.5) is 0 Å². The smallest absolute Gasteiger partial charge is 0.251 e. The first-order valence-corrected chi connectivity index (χ1v) is 9.71. The van der Waals surface area contributed by atoms with Gasteiger partial charge in [0, 0.05) is 18.0 Å². The maximum Gasteiger partial charge on any atom is 0.251 e. The molecule has 1 heterocycles. The molecule has 0 saturated heterocycles. The Balaban J connectivity index is 2.07. The maximum atomic E-state index is 12.8. The second-order valence-corrected chi connectivity index (χ2v) is 8.53. The SMILES string of the molecule is CC(NC(=O)C(NC(=O)c1ccc(C(C)(C)C)cc1)C(C)C)c1ccncc1. The van der Waals surface area contributed by atoms with E-state index in [1.165, 1.54) is 0 Å². The van der Waals surface area contributed by atoms with Crippen molar-refractivity contribution in [2.24, 2.45) is 5.92 Å². The largest absolute Gasteiger partial charge is 0.348 e. The van der Waals surface area contributed by atoms with Crippen molar-refractivity contribution in [1.82, 2.24) is 15.6 Å². The Morgan fingerprint density at radius 2 is 1.46 bits per heavy atom. The molecule has 2 aromatic rings. The molecule has 5 heteroatoms. The molecule has 150 valence electrons. The lowest BCUT2D eigenvalue weighted by molar-refractivity contribution is -0.124. The van der Waals surface area contributed by atoms with Crippen LogP contribution in [0.1, 0.15) is 69.1 Å². The highest BCUT2D eigenvalue weighted by Gasteiger charge is 2.26. The third-order valence-corrected chi connectivity index (χ3v) is 4.81. The molecule has 28 heavy (non-hydrogen) atoms. The number of hydrogen-bond acceptors (Lipinski definition) is 3. The topological polar surface area (TPSA) is 71.1 Å². The highest BCUT2D eigenvalue weighted by Crippen LogP contribution is 2.22. The van der Waals surface area contributed by atoms with Crippen LogP contribution >= 0.6 is 0 Å². The van der Waals surface area contributed by atoms with Gasteiger partial charge in [-0.3, -0.25) is 14.6 Å². The molecular weight excluding hydrogens is 350 g/mol. The molecule has 0 radical (unpaired) electrons. The highest BCUT2D eigenvalue weighted by molar-refractivity contribution is 5.97. The number of nitrogens with zero attached hydrogens (tertiary/aromatic N) is 1. The predicted octanol–water partition coefficient (Wildman–Crippen LogP) is 4.01. The van der Waals surface area contributed by atoms with Crippen LogP contribution in [-0.2, 0) is 10.2 Å². The van der Waals surface area contributed by atoms with Gasteiger partial charge in [0.15, 0.2) is 0 Å². The lowest BCUT2D eigenvalue weighted by Gasteiger charge is -2.24. The Bertz CT molecular complexity index is 793. The van der Waals surface area contributed by atoms with E-state index in [-0.39, 0.29) is 29.2 Å². The van der Waals surface area contributed by atoms with Crippen LogP contribution in [0.15, 0.2) is 48.8 Å². The second kappa shape index (κ2) is 9.00. The van der Waals surface area contributed by atoms with Gasteiger partial charge in [-0.1, -0.05) is 46.8 Å². The average Bonchev–Trinajstić information content (AvgIpc) is 2.65. The summed E-state index contributed by atoms with van der Waals surface area (Å²) in [6.07, 6.45) is 3.39. The third kappa shape index (κ3) is 5.65. The van der Waals surface area contributed by atoms with Gasteiger partial charge in [-0.25, -0.2) is 0 Å². The van der Waals surface area contributed by atoms with Crippen LogP contribution in [0.3, 0.4) is 0 Å². The van der Waals surface area contributed by atoms with Gasteiger partial charge < -0.3 is 10.6 Å². The minimum absolute atomic E-state index is 0.0262. The normalized spacial score (nSPS) is 13.7. The summed E-state index contributed by atoms with van der Waals surface area (Å²) < 4.78 is 0. The van der Waals surface area contributed by atoms with Gasteiger partial charge in [0.1, 0.15) is 6.04 Å². The van der Waals surface area contributed by atoms with Crippen molar-refractivity contribution >= 4 is 11.8 Å². The molecule has 2 unspecified atom stereocenters. The van der Waals surface area contributed by atoms with E-state index in [1.807, 2.05) is 57.2 Å². The zero-order chi connectivity index (χ0) is 20.9. The van der Waals surface area contributed by atoms with Gasteiger partial charge in [-0.15, -0.1) is 0 Å². The molecule has 0 aliphatic heterocycles. The van der Waals surface area contributed by atoms with Crippen molar-refractivity contribution in [3.63, 3.8) is 0 Å². The highest BCUT2D eigenvalue weighted by atomic mass is 16.2. The van der Waals surface area contributed by atoms with Crippen molar-refractivity contribution < 1.29 is 9.59 Å². The predicted molar refractivity (Wildman–Crippen MR) is 112 cm³/mol. The van der Waals surface area contributed by atoms with Crippen LogP contribution in [0.2, 0.25) is 0 Å². The van der Waals surface area contributed by atoms with Crippen molar-refractivity contribution in [2.75, 3.05) is 0 Å². The van der Waals surface area contributed by atoms with E-state index in [0.717, 1.165) is 11.1 Å². The molecule has 2 amide bonds. The van der Waals surface area contributed by atoms with Gasteiger partial charge >= 0.3 is 0 Å². The maximum absolute atomic E-state index is 12.8. The van der Waals surface area contributed by atoms with E-state index in [1.54, 1.807) is 12.4 Å². The number of carbonyl (C=O) groups excluding carboxylic acids is 2. The lowest BCUT2D eigenvalue weighted by Crippen LogP contribution is -2.50. The molecule has 1 aromatic carbocycles. The molecule has 0 aliphatic rings. The summed E-state index contributed by atoms with van der Waals surface area (Å²) in [6, 6.07) is 10.5. The average molecular weight is 382 g/mol. The molecule has 5 nitrogen and oxygen atoms in total. The summed E-state index contributed by atoms with van der Waals surface area (Å²) in [6.45, 7) is 12.1. The Morgan fingerprint density at radius 3 is 1.96 bits per heavy atom. The van der Waals surface area contributed by atoms with E-state index in [0.29, 0.717) is 5.56 Å². The summed E-state index contributed by atoms with van der Waals surface area (Å²) in [5.74, 6) is -0.479. The number of aromatic nitrogens is 1. The van der Waals surface area contributed by atoms with Gasteiger partial charge in [-0.2, -0.15) is 0 Å². The van der Waals surface area contributed by atoms with Crippen molar-refractivity contribution in [1.29, 1.82) is 0 Å². The molecular formula is C23H31N3O2. The number of rotatable bonds is 6. The molecule has 0 bridgehead atoms. The monoisotopic (exact) mass is 381 g/mol. The van der Waals surface area contributed by atoms with Gasteiger partial charge in [0.05, 0.1) is 6.04 Å². The standard InChI is InChI=1S/C23H31N3O2/c1-15(2)20(22(28)25-16(3)17-11-13-24-14-12-17)26-21(27)18-7-9-19(10-8-18)23(4,5)6/h7-16,20H,1-6H3,(H,25,28)(H,26,27). The van der Waals surface area contributed by atoms with Crippen LogP contribution in [0.25, 0.3) is 0 Å². The zero-order valence-electron chi connectivity index (χ0n) is 17.6. The van der Waals surface area contributed by atoms with E-state index < -0.39 is 6.04 Å². The Morgan fingerprint density at radius 1 is 0.893 bits per heavy atom. The van der Waals surface area contributed by atoms with Crippen LogP contribution in [0.5, 0.6) is 0 Å². The van der Waals surface area contributed by atoms with Gasteiger partial charge in [0.2, 0.25) is 5.91 Å². The van der Waals surface area contributed by atoms with Crippen LogP contribution in [0, 0.1) is 5.92 Å². The molecule has 2 rings (SSSR count). The number of hydrogen-bond donors (Lipinski definition) is 2. The quantitative estimate of drug-likeness (QED) is 0.794. The first kappa shape index (κ1) is 21.6. The first-order chi connectivity index (χ1) is 13.1. The van der Waals surface area contributed by atoms with Crippen molar-refractivity contribution in [3.8, 4) is 0 Å². The number of amides is 2. The van der Waals surface area contributed by atoms with E-state index in [9.17, 15) is 9.59 Å². The number of benzene rings is 1. The molecule has 2 N–H and O–H groups in total. The molecule has 0 fully saturated rings. The molecule has 1 aromatic heterocycles. The summed E-state index contributed by atoms with van der Waals surface area (Å²) in [7, 11) is 0. The molecule has 2 atom stereocenters. The van der Waals surface area contributed by atoms with Gasteiger partial charge in [-0.05, 0) is 53.6 Å². The fourth-order valence-corrected chi connectivity index (χ4v) is 2.92.